The molecule has 1 atom stereocenters. The molecule has 1 aromatic heterocycles. The predicted molar refractivity (Wildman–Crippen MR) is 72.7 cm³/mol. The number of nitrogens with zero attached hydrogens (tertiary/aromatic N) is 1. The minimum atomic E-state index is -0.707. The van der Waals surface area contributed by atoms with Crippen LogP contribution in [0.2, 0.25) is 0 Å². The normalized spacial score (nSPS) is 13.3. The van der Waals surface area contributed by atoms with Crippen LogP contribution in [-0.2, 0) is 10.2 Å². The fraction of sp³-hybridized carbons (Fsp3) is 0.600. The van der Waals surface area contributed by atoms with Crippen LogP contribution in [-0.4, -0.2) is 16.1 Å². The van der Waals surface area contributed by atoms with Crippen LogP contribution in [0.1, 0.15) is 51.3 Å². The molecule has 1 N–H and O–H groups in total. The summed E-state index contributed by atoms with van der Waals surface area (Å²) in [6, 6.07) is 4.10. The van der Waals surface area contributed by atoms with E-state index in [1.807, 2.05) is 12.3 Å². The van der Waals surface area contributed by atoms with Gasteiger partial charge in [0.25, 0.3) is 0 Å². The van der Waals surface area contributed by atoms with Crippen molar-refractivity contribution in [3.8, 4) is 0 Å². The zero-order chi connectivity index (χ0) is 13.8. The highest BCUT2D eigenvalue weighted by molar-refractivity contribution is 5.69. The molecule has 0 aliphatic heterocycles. The van der Waals surface area contributed by atoms with Crippen LogP contribution in [0, 0.1) is 12.8 Å². The average Bonchev–Trinajstić information content (AvgIpc) is 2.28. The zero-order valence-electron chi connectivity index (χ0n) is 11.7. The van der Waals surface area contributed by atoms with Gasteiger partial charge < -0.3 is 5.11 Å². The van der Waals surface area contributed by atoms with Crippen LogP contribution in [0.5, 0.6) is 0 Å². The van der Waals surface area contributed by atoms with E-state index < -0.39 is 5.97 Å². The second-order valence-electron chi connectivity index (χ2n) is 5.73. The second-order valence-corrected chi connectivity index (χ2v) is 5.73. The highest BCUT2D eigenvalue weighted by atomic mass is 16.4. The number of pyridine rings is 1. The van der Waals surface area contributed by atoms with Gasteiger partial charge in [0.15, 0.2) is 0 Å². The van der Waals surface area contributed by atoms with Gasteiger partial charge in [-0.3, -0.25) is 9.78 Å². The number of carboxylic acid groups (broad SMARTS) is 1. The third kappa shape index (κ3) is 4.13. The Labute approximate surface area is 109 Å². The lowest BCUT2D eigenvalue weighted by Crippen LogP contribution is -2.20. The molecule has 3 heteroatoms. The van der Waals surface area contributed by atoms with Gasteiger partial charge in [0.05, 0.1) is 5.92 Å². The standard InChI is InChI=1S/C15H23NO2/c1-11-7-9-16-13(10-11)15(3,4)8-5-6-12(2)14(17)18/h7,9-10,12H,5-6,8H2,1-4H3,(H,17,18)/t12-/m1/s1. The first kappa shape index (κ1) is 14.7. The molecule has 0 saturated carbocycles. The number of rotatable bonds is 6. The molecule has 3 nitrogen and oxygen atoms in total. The summed E-state index contributed by atoms with van der Waals surface area (Å²) >= 11 is 0. The predicted octanol–water partition coefficient (Wildman–Crippen LogP) is 3.56. The quantitative estimate of drug-likeness (QED) is 0.838. The molecule has 1 heterocycles. The van der Waals surface area contributed by atoms with Crippen molar-refractivity contribution >= 4 is 5.97 Å². The summed E-state index contributed by atoms with van der Waals surface area (Å²) in [5, 5.41) is 8.85. The number of carbonyl (C=O) groups is 1. The maximum absolute atomic E-state index is 10.8. The van der Waals surface area contributed by atoms with E-state index in [0.29, 0.717) is 0 Å². The minimum absolute atomic E-state index is 0.00421. The molecule has 18 heavy (non-hydrogen) atoms. The second kappa shape index (κ2) is 5.98. The molecule has 0 aliphatic carbocycles. The molecule has 0 unspecified atom stereocenters. The maximum atomic E-state index is 10.8. The number of hydrogen-bond donors (Lipinski definition) is 1. The van der Waals surface area contributed by atoms with Crippen LogP contribution < -0.4 is 0 Å². The molecule has 100 valence electrons. The highest BCUT2D eigenvalue weighted by Gasteiger charge is 2.22. The van der Waals surface area contributed by atoms with Crippen LogP contribution in [0.3, 0.4) is 0 Å². The summed E-state index contributed by atoms with van der Waals surface area (Å²) in [4.78, 5) is 15.2. The van der Waals surface area contributed by atoms with Gasteiger partial charge in [0.1, 0.15) is 0 Å². The molecule has 0 spiro atoms. The smallest absolute Gasteiger partial charge is 0.306 e. The van der Waals surface area contributed by atoms with E-state index in [-0.39, 0.29) is 11.3 Å². The van der Waals surface area contributed by atoms with E-state index in [4.69, 9.17) is 5.11 Å². The summed E-state index contributed by atoms with van der Waals surface area (Å²) in [5.74, 6) is -0.965. The van der Waals surface area contributed by atoms with E-state index in [2.05, 4.69) is 31.8 Å². The van der Waals surface area contributed by atoms with Crippen molar-refractivity contribution in [2.45, 2.75) is 52.4 Å². The third-order valence-electron chi connectivity index (χ3n) is 3.47. The summed E-state index contributed by atoms with van der Waals surface area (Å²) < 4.78 is 0. The van der Waals surface area contributed by atoms with E-state index in [1.54, 1.807) is 6.92 Å². The molecular weight excluding hydrogens is 226 g/mol. The van der Waals surface area contributed by atoms with E-state index in [9.17, 15) is 4.79 Å². The van der Waals surface area contributed by atoms with E-state index >= 15 is 0 Å². The average molecular weight is 249 g/mol. The van der Waals surface area contributed by atoms with Gasteiger partial charge in [0.2, 0.25) is 0 Å². The first-order chi connectivity index (χ1) is 8.33. The Morgan fingerprint density at radius 2 is 2.17 bits per heavy atom. The summed E-state index contributed by atoms with van der Waals surface area (Å²) in [6.45, 7) is 8.16. The molecule has 0 bridgehead atoms. The van der Waals surface area contributed by atoms with Gasteiger partial charge in [0, 0.05) is 17.3 Å². The van der Waals surface area contributed by atoms with Crippen molar-refractivity contribution in [3.63, 3.8) is 0 Å². The summed E-state index contributed by atoms with van der Waals surface area (Å²) in [6.07, 6.45) is 4.44. The molecule has 0 aromatic carbocycles. The highest BCUT2D eigenvalue weighted by Crippen LogP contribution is 2.28. The third-order valence-corrected chi connectivity index (χ3v) is 3.47. The Hall–Kier alpha value is -1.38. The lowest BCUT2D eigenvalue weighted by atomic mass is 9.82. The fourth-order valence-corrected chi connectivity index (χ4v) is 2.01. The molecule has 1 aromatic rings. The molecule has 1 rings (SSSR count). The van der Waals surface area contributed by atoms with Crippen LogP contribution in [0.25, 0.3) is 0 Å². The lowest BCUT2D eigenvalue weighted by Gasteiger charge is -2.24. The maximum Gasteiger partial charge on any atom is 0.306 e. The van der Waals surface area contributed by atoms with Crippen molar-refractivity contribution in [3.05, 3.63) is 29.6 Å². The number of carboxylic acids is 1. The minimum Gasteiger partial charge on any atom is -0.481 e. The fourth-order valence-electron chi connectivity index (χ4n) is 2.01. The van der Waals surface area contributed by atoms with Crippen molar-refractivity contribution in [2.75, 3.05) is 0 Å². The SMILES string of the molecule is Cc1ccnc(C(C)(C)CCC[C@@H](C)C(=O)O)c1. The molecule has 0 amide bonds. The number of aromatic nitrogens is 1. The molecule has 0 radical (unpaired) electrons. The van der Waals surface area contributed by atoms with E-state index in [0.717, 1.165) is 25.0 Å². The Balaban J connectivity index is 2.57. The summed E-state index contributed by atoms with van der Waals surface area (Å²) in [7, 11) is 0. The van der Waals surface area contributed by atoms with Gasteiger partial charge in [-0.05, 0) is 37.5 Å². The topological polar surface area (TPSA) is 50.2 Å². The first-order valence-corrected chi connectivity index (χ1v) is 6.49. The number of aliphatic carboxylic acids is 1. The van der Waals surface area contributed by atoms with Gasteiger partial charge >= 0.3 is 5.97 Å². The number of hydrogen-bond acceptors (Lipinski definition) is 2. The lowest BCUT2D eigenvalue weighted by molar-refractivity contribution is -0.141. The number of aryl methyl sites for hydroxylation is 1. The van der Waals surface area contributed by atoms with Gasteiger partial charge in [-0.25, -0.2) is 0 Å². The van der Waals surface area contributed by atoms with Crippen LogP contribution >= 0.6 is 0 Å². The van der Waals surface area contributed by atoms with Gasteiger partial charge in [-0.15, -0.1) is 0 Å². The van der Waals surface area contributed by atoms with Gasteiger partial charge in [-0.1, -0.05) is 27.2 Å². The Kier molecular flexibility index (Phi) is 4.88. The van der Waals surface area contributed by atoms with Crippen molar-refractivity contribution in [1.82, 2.24) is 4.98 Å². The Morgan fingerprint density at radius 3 is 2.72 bits per heavy atom. The molecule has 0 fully saturated rings. The van der Waals surface area contributed by atoms with Crippen molar-refractivity contribution < 1.29 is 9.90 Å². The summed E-state index contributed by atoms with van der Waals surface area (Å²) in [5.41, 5.74) is 2.31. The van der Waals surface area contributed by atoms with Crippen LogP contribution in [0.4, 0.5) is 0 Å². The molecular formula is C15H23NO2. The Bertz CT molecular complexity index is 413. The molecule has 0 aliphatic rings. The Morgan fingerprint density at radius 1 is 1.50 bits per heavy atom. The van der Waals surface area contributed by atoms with Crippen LogP contribution in [0.15, 0.2) is 18.3 Å². The monoisotopic (exact) mass is 249 g/mol. The van der Waals surface area contributed by atoms with Crippen molar-refractivity contribution in [2.24, 2.45) is 5.92 Å². The zero-order valence-corrected chi connectivity index (χ0v) is 11.7. The largest absolute Gasteiger partial charge is 0.481 e. The first-order valence-electron chi connectivity index (χ1n) is 6.49. The van der Waals surface area contributed by atoms with E-state index in [1.165, 1.54) is 5.56 Å². The van der Waals surface area contributed by atoms with Crippen molar-refractivity contribution in [1.29, 1.82) is 0 Å². The van der Waals surface area contributed by atoms with Gasteiger partial charge in [-0.2, -0.15) is 0 Å². The molecule has 0 saturated heterocycles.